The second-order valence-corrected chi connectivity index (χ2v) is 8.98. The van der Waals surface area contributed by atoms with Gasteiger partial charge >= 0.3 is 0 Å². The Bertz CT molecular complexity index is 969. The molecule has 3 rings (SSSR count). The molecule has 0 unspecified atom stereocenters. The first kappa shape index (κ1) is 19.4. The lowest BCUT2D eigenvalue weighted by Crippen LogP contribution is -2.29. The van der Waals surface area contributed by atoms with E-state index in [0.29, 0.717) is 29.2 Å². The minimum Gasteiger partial charge on any atom is -0.474 e. The number of halogens is 1. The second kappa shape index (κ2) is 7.72. The summed E-state index contributed by atoms with van der Waals surface area (Å²) in [5, 5.41) is 0. The zero-order valence-electron chi connectivity index (χ0n) is 15.7. The number of benzene rings is 2. The Kier molecular flexibility index (Phi) is 5.56. The van der Waals surface area contributed by atoms with Gasteiger partial charge in [0.2, 0.25) is 0 Å². The highest BCUT2D eigenvalue weighted by Gasteiger charge is 2.22. The third kappa shape index (κ3) is 4.50. The highest BCUT2D eigenvalue weighted by atomic mass is 32.2. The van der Waals surface area contributed by atoms with Crippen molar-refractivity contribution >= 4 is 15.5 Å². The van der Waals surface area contributed by atoms with Gasteiger partial charge in [-0.05, 0) is 54.8 Å². The van der Waals surface area contributed by atoms with Gasteiger partial charge in [-0.3, -0.25) is 0 Å². The molecule has 144 valence electrons. The fourth-order valence-electron chi connectivity index (χ4n) is 3.23. The Balaban J connectivity index is 1.79. The Labute approximate surface area is 160 Å². The third-order valence-electron chi connectivity index (χ3n) is 4.59. The summed E-state index contributed by atoms with van der Waals surface area (Å²) in [6, 6.07) is 10.2. The van der Waals surface area contributed by atoms with Crippen molar-refractivity contribution in [2.45, 2.75) is 38.4 Å². The highest BCUT2D eigenvalue weighted by Crippen LogP contribution is 2.32. The SMILES string of the molecule is C=C1OCc2cc(CS(=O)(=O)Cc3ccc(C)c(F)c3)ccc2N1CCC. The predicted octanol–water partition coefficient (Wildman–Crippen LogP) is 4.47. The largest absolute Gasteiger partial charge is 0.474 e. The maximum absolute atomic E-state index is 13.7. The van der Waals surface area contributed by atoms with E-state index in [9.17, 15) is 12.8 Å². The van der Waals surface area contributed by atoms with E-state index in [2.05, 4.69) is 13.5 Å². The molecule has 4 nitrogen and oxygen atoms in total. The van der Waals surface area contributed by atoms with Crippen molar-refractivity contribution in [2.24, 2.45) is 0 Å². The number of sulfone groups is 1. The van der Waals surface area contributed by atoms with Crippen molar-refractivity contribution in [2.75, 3.05) is 11.4 Å². The van der Waals surface area contributed by atoms with E-state index in [0.717, 1.165) is 24.2 Å². The normalized spacial score (nSPS) is 14.0. The average Bonchev–Trinajstić information content (AvgIpc) is 2.60. The molecule has 0 aromatic heterocycles. The molecule has 0 aliphatic carbocycles. The third-order valence-corrected chi connectivity index (χ3v) is 6.13. The first-order valence-electron chi connectivity index (χ1n) is 8.95. The number of nitrogens with zero attached hydrogens (tertiary/aromatic N) is 1. The molecule has 0 fully saturated rings. The molecule has 0 atom stereocenters. The molecule has 0 radical (unpaired) electrons. The van der Waals surface area contributed by atoms with Crippen molar-refractivity contribution in [3.8, 4) is 0 Å². The van der Waals surface area contributed by atoms with Crippen LogP contribution in [0.15, 0.2) is 48.9 Å². The topological polar surface area (TPSA) is 46.6 Å². The summed E-state index contributed by atoms with van der Waals surface area (Å²) in [6.45, 7) is 8.84. The number of ether oxygens (including phenoxy) is 1. The van der Waals surface area contributed by atoms with Crippen molar-refractivity contribution in [1.82, 2.24) is 0 Å². The van der Waals surface area contributed by atoms with Gasteiger partial charge in [-0.1, -0.05) is 25.1 Å². The first-order chi connectivity index (χ1) is 12.8. The van der Waals surface area contributed by atoms with Gasteiger partial charge < -0.3 is 9.64 Å². The Morgan fingerprint density at radius 1 is 1.15 bits per heavy atom. The Morgan fingerprint density at radius 2 is 1.81 bits per heavy atom. The predicted molar refractivity (Wildman–Crippen MR) is 105 cm³/mol. The molecule has 6 heteroatoms. The van der Waals surface area contributed by atoms with E-state index in [1.54, 1.807) is 19.1 Å². The minimum absolute atomic E-state index is 0.0928. The van der Waals surface area contributed by atoms with E-state index in [4.69, 9.17) is 4.74 Å². The van der Waals surface area contributed by atoms with Crippen LogP contribution in [0.5, 0.6) is 0 Å². The summed E-state index contributed by atoms with van der Waals surface area (Å²) in [5.41, 5.74) is 3.63. The van der Waals surface area contributed by atoms with Crippen LogP contribution in [0.4, 0.5) is 10.1 Å². The molecule has 2 aromatic rings. The number of hydrogen-bond donors (Lipinski definition) is 0. The summed E-state index contributed by atoms with van der Waals surface area (Å²) < 4.78 is 44.4. The van der Waals surface area contributed by atoms with Crippen LogP contribution in [0.25, 0.3) is 0 Å². The molecule has 0 saturated carbocycles. The summed E-state index contributed by atoms with van der Waals surface area (Å²) in [6.07, 6.45) is 0.949. The van der Waals surface area contributed by atoms with E-state index in [-0.39, 0.29) is 17.3 Å². The molecule has 0 N–H and O–H groups in total. The van der Waals surface area contributed by atoms with Crippen LogP contribution < -0.4 is 4.90 Å². The molecular weight excluding hydrogens is 365 g/mol. The molecule has 0 bridgehead atoms. The van der Waals surface area contributed by atoms with Crippen LogP contribution in [0.2, 0.25) is 0 Å². The van der Waals surface area contributed by atoms with Crippen LogP contribution in [0.3, 0.4) is 0 Å². The second-order valence-electron chi connectivity index (χ2n) is 6.91. The van der Waals surface area contributed by atoms with E-state index in [1.165, 1.54) is 6.07 Å². The summed E-state index contributed by atoms with van der Waals surface area (Å²) in [7, 11) is -3.42. The fourth-order valence-corrected chi connectivity index (χ4v) is 4.71. The van der Waals surface area contributed by atoms with Gasteiger partial charge in [0.25, 0.3) is 0 Å². The van der Waals surface area contributed by atoms with Gasteiger partial charge in [0.15, 0.2) is 15.7 Å². The molecule has 1 aliphatic rings. The van der Waals surface area contributed by atoms with Crippen LogP contribution in [0, 0.1) is 12.7 Å². The van der Waals surface area contributed by atoms with Gasteiger partial charge in [0.05, 0.1) is 17.2 Å². The molecule has 0 amide bonds. The molecule has 1 heterocycles. The van der Waals surface area contributed by atoms with E-state index < -0.39 is 9.84 Å². The molecule has 1 aliphatic heterocycles. The standard InChI is InChI=1S/C21H24FNO3S/c1-4-9-23-16(3)26-12-19-10-17(7-8-21(19)23)13-27(24,25)14-18-6-5-15(2)20(22)11-18/h5-8,10-11H,3-4,9,12-14H2,1-2H3. The van der Waals surface area contributed by atoms with Crippen molar-refractivity contribution in [1.29, 1.82) is 0 Å². The van der Waals surface area contributed by atoms with Crippen LogP contribution >= 0.6 is 0 Å². The Hall–Kier alpha value is -2.34. The lowest BCUT2D eigenvalue weighted by atomic mass is 10.1. The molecule has 2 aromatic carbocycles. The van der Waals surface area contributed by atoms with Gasteiger partial charge in [0, 0.05) is 12.1 Å². The van der Waals surface area contributed by atoms with Gasteiger partial charge in [-0.15, -0.1) is 0 Å². The summed E-state index contributed by atoms with van der Waals surface area (Å²) >= 11 is 0. The van der Waals surface area contributed by atoms with Crippen LogP contribution in [-0.2, 0) is 32.7 Å². The van der Waals surface area contributed by atoms with Gasteiger partial charge in [-0.2, -0.15) is 0 Å². The maximum atomic E-state index is 13.7. The zero-order valence-corrected chi connectivity index (χ0v) is 16.5. The van der Waals surface area contributed by atoms with Crippen molar-refractivity contribution < 1.29 is 17.5 Å². The number of rotatable bonds is 6. The molecular formula is C21H24FNO3S. The highest BCUT2D eigenvalue weighted by molar-refractivity contribution is 7.89. The quantitative estimate of drug-likeness (QED) is 0.731. The number of aryl methyl sites for hydroxylation is 1. The van der Waals surface area contributed by atoms with Crippen molar-refractivity contribution in [3.05, 3.63) is 76.9 Å². The van der Waals surface area contributed by atoms with Crippen molar-refractivity contribution in [3.63, 3.8) is 0 Å². The number of hydrogen-bond acceptors (Lipinski definition) is 4. The van der Waals surface area contributed by atoms with E-state index in [1.807, 2.05) is 23.1 Å². The lowest BCUT2D eigenvalue weighted by molar-refractivity contribution is 0.181. The molecule has 0 spiro atoms. The first-order valence-corrected chi connectivity index (χ1v) is 10.8. The maximum Gasteiger partial charge on any atom is 0.186 e. The summed E-state index contributed by atoms with van der Waals surface area (Å²) in [4.78, 5) is 2.01. The molecule has 27 heavy (non-hydrogen) atoms. The minimum atomic E-state index is -3.42. The zero-order chi connectivity index (χ0) is 19.6. The van der Waals surface area contributed by atoms with Crippen LogP contribution in [-0.4, -0.2) is 15.0 Å². The van der Waals surface area contributed by atoms with Gasteiger partial charge in [-0.25, -0.2) is 12.8 Å². The van der Waals surface area contributed by atoms with E-state index >= 15 is 0 Å². The Morgan fingerprint density at radius 3 is 2.48 bits per heavy atom. The average molecular weight is 389 g/mol. The number of fused-ring (bicyclic) bond motifs is 1. The van der Waals surface area contributed by atoms with Crippen LogP contribution in [0.1, 0.15) is 35.6 Å². The van der Waals surface area contributed by atoms with Gasteiger partial charge in [0.1, 0.15) is 12.4 Å². The monoisotopic (exact) mass is 389 g/mol. The summed E-state index contributed by atoms with van der Waals surface area (Å²) in [5.74, 6) is -0.0443. The molecule has 0 saturated heterocycles. The number of anilines is 1. The smallest absolute Gasteiger partial charge is 0.186 e. The lowest BCUT2D eigenvalue weighted by Gasteiger charge is -2.32. The fraction of sp³-hybridized carbons (Fsp3) is 0.333.